The molecule has 0 unspecified atom stereocenters. The van der Waals surface area contributed by atoms with E-state index in [-0.39, 0.29) is 11.2 Å². The van der Waals surface area contributed by atoms with Crippen LogP contribution in [0.2, 0.25) is 0 Å². The lowest BCUT2D eigenvalue weighted by Crippen LogP contribution is -2.21. The number of imidazole rings is 1. The van der Waals surface area contributed by atoms with Gasteiger partial charge in [-0.2, -0.15) is 18.3 Å². The molecule has 1 aromatic carbocycles. The maximum atomic E-state index is 13.6. The first-order valence-corrected chi connectivity index (χ1v) is 10.6. The molecule has 0 saturated heterocycles. The number of alkyl halides is 3. The molecule has 0 fully saturated rings. The Labute approximate surface area is 194 Å². The van der Waals surface area contributed by atoms with E-state index in [1.165, 1.54) is 18.5 Å². The molecule has 0 saturated carbocycles. The summed E-state index contributed by atoms with van der Waals surface area (Å²) in [7, 11) is 3.55. The van der Waals surface area contributed by atoms with Gasteiger partial charge in [0, 0.05) is 42.8 Å². The lowest BCUT2D eigenvalue weighted by molar-refractivity contribution is -0.141. The van der Waals surface area contributed by atoms with Gasteiger partial charge >= 0.3 is 6.18 Å². The van der Waals surface area contributed by atoms with Crippen LogP contribution in [0.3, 0.4) is 0 Å². The number of aryl methyl sites for hydroxylation is 2. The zero-order valence-corrected chi connectivity index (χ0v) is 18.4. The van der Waals surface area contributed by atoms with Crippen molar-refractivity contribution in [2.75, 3.05) is 0 Å². The van der Waals surface area contributed by atoms with E-state index in [1.807, 2.05) is 31.4 Å². The Morgan fingerprint density at radius 1 is 1.00 bits per heavy atom. The molecule has 6 aromatic rings. The summed E-state index contributed by atoms with van der Waals surface area (Å²) in [5.41, 5.74) is 0.553. The molecule has 0 radical (unpaired) electrons. The zero-order chi connectivity index (χ0) is 24.5. The zero-order valence-electron chi connectivity index (χ0n) is 18.4. The Hall–Kier alpha value is -4.54. The monoisotopic (exact) mass is 475 g/mol. The number of rotatable bonds is 2. The predicted molar refractivity (Wildman–Crippen MR) is 124 cm³/mol. The van der Waals surface area contributed by atoms with Crippen LogP contribution in [0.15, 0.2) is 65.8 Å². The largest absolute Gasteiger partial charge is 0.433 e. The molecule has 0 spiro atoms. The van der Waals surface area contributed by atoms with E-state index in [2.05, 4.69) is 20.1 Å². The summed E-state index contributed by atoms with van der Waals surface area (Å²) in [6.45, 7) is 0. The summed E-state index contributed by atoms with van der Waals surface area (Å²) in [4.78, 5) is 26.2. The maximum absolute atomic E-state index is 13.6. The highest BCUT2D eigenvalue weighted by atomic mass is 19.4. The summed E-state index contributed by atoms with van der Waals surface area (Å²) >= 11 is 0. The van der Waals surface area contributed by atoms with Gasteiger partial charge in [-0.3, -0.25) is 19.0 Å². The SMILES string of the molecule is Cn1cc2cc(-c3nc4c(=O)n(-c5cccnc5)c5nc(C(F)(F)F)ccc5c4n3C)ccc2n1. The lowest BCUT2D eigenvalue weighted by Gasteiger charge is -2.13. The van der Waals surface area contributed by atoms with Crippen LogP contribution in [-0.2, 0) is 20.3 Å². The van der Waals surface area contributed by atoms with Gasteiger partial charge in [0.25, 0.3) is 5.56 Å². The summed E-state index contributed by atoms with van der Waals surface area (Å²) in [6.07, 6.45) is 0.108. The molecule has 0 aliphatic carbocycles. The van der Waals surface area contributed by atoms with Crippen LogP contribution < -0.4 is 5.56 Å². The smallest absolute Gasteiger partial charge is 0.326 e. The van der Waals surface area contributed by atoms with Gasteiger partial charge < -0.3 is 4.57 Å². The number of pyridine rings is 3. The summed E-state index contributed by atoms with van der Waals surface area (Å²) in [6, 6.07) is 11.0. The highest BCUT2D eigenvalue weighted by Crippen LogP contribution is 2.33. The molecule has 35 heavy (non-hydrogen) atoms. The van der Waals surface area contributed by atoms with Crippen LogP contribution in [0.4, 0.5) is 13.2 Å². The van der Waals surface area contributed by atoms with Crippen molar-refractivity contribution in [2.45, 2.75) is 6.18 Å². The van der Waals surface area contributed by atoms with Gasteiger partial charge in [-0.1, -0.05) is 0 Å². The van der Waals surface area contributed by atoms with Crippen molar-refractivity contribution in [3.63, 3.8) is 0 Å². The van der Waals surface area contributed by atoms with Gasteiger partial charge in [0.05, 0.1) is 22.9 Å². The Morgan fingerprint density at radius 2 is 1.83 bits per heavy atom. The first-order chi connectivity index (χ1) is 16.7. The Bertz CT molecular complexity index is 1830. The third kappa shape index (κ3) is 3.19. The van der Waals surface area contributed by atoms with Crippen LogP contribution in [-0.4, -0.2) is 33.9 Å². The predicted octanol–water partition coefficient (Wildman–Crippen LogP) is 4.24. The van der Waals surface area contributed by atoms with Gasteiger partial charge in [-0.25, -0.2) is 9.97 Å². The fourth-order valence-corrected chi connectivity index (χ4v) is 4.39. The minimum Gasteiger partial charge on any atom is -0.326 e. The number of hydrogen-bond donors (Lipinski definition) is 0. The van der Waals surface area contributed by atoms with Crippen molar-refractivity contribution >= 4 is 33.0 Å². The third-order valence-electron chi connectivity index (χ3n) is 5.91. The average molecular weight is 475 g/mol. The number of halogens is 3. The number of benzene rings is 1. The number of nitrogens with zero attached hydrogens (tertiary/aromatic N) is 7. The molecule has 0 aliphatic heterocycles. The van der Waals surface area contributed by atoms with Crippen LogP contribution in [0.25, 0.3) is 50.0 Å². The van der Waals surface area contributed by atoms with Crippen molar-refractivity contribution in [2.24, 2.45) is 14.1 Å². The van der Waals surface area contributed by atoms with Gasteiger partial charge in [0.1, 0.15) is 17.2 Å². The standard InChI is InChI=1S/C24H16F3N7O/c1-32-12-14-10-13(5-7-17(14)31-32)21-30-19-20(33(21)2)16-6-8-18(24(25,26)27)29-22(16)34(23(19)35)15-4-3-9-28-11-15/h3-12H,1-2H3. The van der Waals surface area contributed by atoms with Gasteiger partial charge in [-0.15, -0.1) is 0 Å². The molecule has 8 nitrogen and oxygen atoms in total. The van der Waals surface area contributed by atoms with Crippen LogP contribution >= 0.6 is 0 Å². The lowest BCUT2D eigenvalue weighted by atomic mass is 10.1. The first-order valence-electron chi connectivity index (χ1n) is 10.6. The molecule has 174 valence electrons. The van der Waals surface area contributed by atoms with Crippen LogP contribution in [0.5, 0.6) is 0 Å². The van der Waals surface area contributed by atoms with Crippen LogP contribution in [0.1, 0.15) is 5.69 Å². The fraction of sp³-hybridized carbons (Fsp3) is 0.125. The number of fused-ring (bicyclic) bond motifs is 4. The van der Waals surface area contributed by atoms with Crippen molar-refractivity contribution < 1.29 is 13.2 Å². The second kappa shape index (κ2) is 7.23. The molecule has 6 rings (SSSR count). The van der Waals surface area contributed by atoms with Gasteiger partial charge in [0.2, 0.25) is 0 Å². The molecular formula is C24H16F3N7O. The average Bonchev–Trinajstić information content (AvgIpc) is 3.37. The molecule has 0 amide bonds. The number of hydrogen-bond acceptors (Lipinski definition) is 5. The van der Waals surface area contributed by atoms with E-state index >= 15 is 0 Å². The van der Waals surface area contributed by atoms with Crippen molar-refractivity contribution in [1.29, 1.82) is 0 Å². The van der Waals surface area contributed by atoms with E-state index in [1.54, 1.807) is 28.4 Å². The molecular weight excluding hydrogens is 459 g/mol. The van der Waals surface area contributed by atoms with Crippen molar-refractivity contribution in [1.82, 2.24) is 33.9 Å². The van der Waals surface area contributed by atoms with E-state index in [0.29, 0.717) is 22.4 Å². The quantitative estimate of drug-likeness (QED) is 0.374. The van der Waals surface area contributed by atoms with Crippen LogP contribution in [0, 0.1) is 0 Å². The van der Waals surface area contributed by atoms with E-state index in [9.17, 15) is 18.0 Å². The van der Waals surface area contributed by atoms with Crippen molar-refractivity contribution in [3.8, 4) is 17.1 Å². The molecule has 11 heteroatoms. The molecule has 0 atom stereocenters. The van der Waals surface area contributed by atoms with E-state index in [0.717, 1.165) is 27.1 Å². The Balaban J connectivity index is 1.72. The number of aromatic nitrogens is 7. The third-order valence-corrected chi connectivity index (χ3v) is 5.91. The van der Waals surface area contributed by atoms with Gasteiger partial charge in [-0.05, 0) is 42.5 Å². The van der Waals surface area contributed by atoms with Crippen molar-refractivity contribution in [3.05, 3.63) is 77.1 Å². The summed E-state index contributed by atoms with van der Waals surface area (Å²) < 4.78 is 45.1. The highest BCUT2D eigenvalue weighted by molar-refractivity contribution is 6.03. The highest BCUT2D eigenvalue weighted by Gasteiger charge is 2.33. The summed E-state index contributed by atoms with van der Waals surface area (Å²) in [5.74, 6) is 0.494. The minimum atomic E-state index is -4.67. The van der Waals surface area contributed by atoms with E-state index in [4.69, 9.17) is 0 Å². The Kier molecular flexibility index (Phi) is 4.34. The molecule has 5 aromatic heterocycles. The normalized spacial score (nSPS) is 12.3. The maximum Gasteiger partial charge on any atom is 0.433 e. The fourth-order valence-electron chi connectivity index (χ4n) is 4.39. The topological polar surface area (TPSA) is 83.4 Å². The van der Waals surface area contributed by atoms with Gasteiger partial charge in [0.15, 0.2) is 5.52 Å². The molecule has 0 bridgehead atoms. The Morgan fingerprint density at radius 3 is 2.57 bits per heavy atom. The summed E-state index contributed by atoms with van der Waals surface area (Å²) in [5, 5.41) is 5.63. The minimum absolute atomic E-state index is 0.117. The molecule has 5 heterocycles. The second-order valence-corrected chi connectivity index (χ2v) is 8.19. The second-order valence-electron chi connectivity index (χ2n) is 8.19. The molecule has 0 aliphatic rings. The van der Waals surface area contributed by atoms with E-state index < -0.39 is 17.4 Å². The first kappa shape index (κ1) is 21.0. The molecule has 0 N–H and O–H groups in total.